The molecule has 1 amide bonds. The summed E-state index contributed by atoms with van der Waals surface area (Å²) in [5.41, 5.74) is 0.286. The number of thiazole rings is 1. The van der Waals surface area contributed by atoms with Crippen LogP contribution < -0.4 is 5.32 Å². The molecule has 0 unspecified atom stereocenters. The van der Waals surface area contributed by atoms with Crippen molar-refractivity contribution in [2.24, 2.45) is 0 Å². The summed E-state index contributed by atoms with van der Waals surface area (Å²) in [5, 5.41) is 7.70. The molecule has 0 spiro atoms. The number of hydrogen-bond donors (Lipinski definition) is 1. The molecule has 2 aromatic rings. The lowest BCUT2D eigenvalue weighted by Crippen LogP contribution is -2.23. The predicted octanol–water partition coefficient (Wildman–Crippen LogP) is 1.11. The van der Waals surface area contributed by atoms with Gasteiger partial charge in [-0.1, -0.05) is 16.8 Å². The summed E-state index contributed by atoms with van der Waals surface area (Å²) in [6, 6.07) is 0. The molecule has 6 nitrogen and oxygen atoms in total. The second-order valence-corrected chi connectivity index (χ2v) is 3.96. The van der Waals surface area contributed by atoms with Crippen LogP contribution in [0.4, 0.5) is 0 Å². The maximum absolute atomic E-state index is 11.4. The van der Waals surface area contributed by atoms with Crippen LogP contribution in [0.5, 0.6) is 0 Å². The van der Waals surface area contributed by atoms with E-state index in [0.717, 1.165) is 0 Å². The number of amides is 1. The van der Waals surface area contributed by atoms with Crippen molar-refractivity contribution in [2.45, 2.75) is 6.54 Å². The molecule has 8 heteroatoms. The van der Waals surface area contributed by atoms with Crippen LogP contribution in [-0.4, -0.2) is 21.0 Å². The van der Waals surface area contributed by atoms with Gasteiger partial charge in [0.25, 0.3) is 5.91 Å². The fourth-order valence-corrected chi connectivity index (χ4v) is 1.62. The van der Waals surface area contributed by atoms with Crippen LogP contribution in [0.3, 0.4) is 0 Å². The van der Waals surface area contributed by atoms with E-state index < -0.39 is 0 Å². The summed E-state index contributed by atoms with van der Waals surface area (Å²) in [5.74, 6) is 0.0904. The fourth-order valence-electron chi connectivity index (χ4n) is 0.876. The van der Waals surface area contributed by atoms with Crippen LogP contribution >= 0.6 is 22.9 Å². The van der Waals surface area contributed by atoms with Gasteiger partial charge in [-0.15, -0.1) is 11.3 Å². The van der Waals surface area contributed by atoms with Crippen molar-refractivity contribution in [3.8, 4) is 0 Å². The Labute approximate surface area is 93.3 Å². The molecule has 2 heterocycles. The van der Waals surface area contributed by atoms with Crippen molar-refractivity contribution in [1.82, 2.24) is 20.4 Å². The SMILES string of the molecule is O=C(NCc1ncon1)c1csc(Cl)n1. The molecule has 0 aliphatic heterocycles. The Hall–Kier alpha value is -1.47. The molecular formula is C7H5ClN4O2S. The van der Waals surface area contributed by atoms with Gasteiger partial charge in [-0.25, -0.2) is 4.98 Å². The van der Waals surface area contributed by atoms with Gasteiger partial charge >= 0.3 is 0 Å². The van der Waals surface area contributed by atoms with Gasteiger partial charge in [-0.05, 0) is 0 Å². The third-order valence-corrected chi connectivity index (χ3v) is 2.50. The van der Waals surface area contributed by atoms with E-state index in [4.69, 9.17) is 11.6 Å². The molecule has 0 radical (unpaired) electrons. The standard InChI is InChI=1S/C7H5ClN4O2S/c8-7-11-4(2-15-7)6(13)9-1-5-10-3-14-12-5/h2-3H,1H2,(H,9,13). The van der Waals surface area contributed by atoms with E-state index in [0.29, 0.717) is 10.3 Å². The number of rotatable bonds is 3. The summed E-state index contributed by atoms with van der Waals surface area (Å²) >= 11 is 6.79. The molecule has 0 aliphatic rings. The Morgan fingerprint density at radius 1 is 1.67 bits per heavy atom. The van der Waals surface area contributed by atoms with Crippen molar-refractivity contribution >= 4 is 28.8 Å². The maximum Gasteiger partial charge on any atom is 0.271 e. The second kappa shape index (κ2) is 4.37. The fraction of sp³-hybridized carbons (Fsp3) is 0.143. The van der Waals surface area contributed by atoms with Crippen LogP contribution in [0.2, 0.25) is 4.47 Å². The Morgan fingerprint density at radius 3 is 3.13 bits per heavy atom. The molecule has 0 saturated heterocycles. The predicted molar refractivity (Wildman–Crippen MR) is 52.6 cm³/mol. The van der Waals surface area contributed by atoms with Gasteiger partial charge in [0.15, 0.2) is 10.3 Å². The van der Waals surface area contributed by atoms with E-state index in [1.54, 1.807) is 5.38 Å². The summed E-state index contributed by atoms with van der Waals surface area (Å²) in [7, 11) is 0. The molecule has 0 fully saturated rings. The zero-order valence-corrected chi connectivity index (χ0v) is 8.88. The van der Waals surface area contributed by atoms with Crippen LogP contribution in [-0.2, 0) is 6.54 Å². The summed E-state index contributed by atoms with van der Waals surface area (Å²) in [4.78, 5) is 19.0. The average molecular weight is 245 g/mol. The van der Waals surface area contributed by atoms with E-state index in [2.05, 4.69) is 25.0 Å². The lowest BCUT2D eigenvalue weighted by atomic mass is 10.4. The smallest absolute Gasteiger partial charge is 0.271 e. The molecule has 0 saturated carbocycles. The molecular weight excluding hydrogens is 240 g/mol. The van der Waals surface area contributed by atoms with Crippen molar-refractivity contribution in [2.75, 3.05) is 0 Å². The minimum absolute atomic E-state index is 0.199. The maximum atomic E-state index is 11.4. The van der Waals surface area contributed by atoms with Gasteiger partial charge in [-0.3, -0.25) is 4.79 Å². The summed E-state index contributed by atoms with van der Waals surface area (Å²) < 4.78 is 4.84. The average Bonchev–Trinajstić information content (AvgIpc) is 2.84. The Morgan fingerprint density at radius 2 is 2.53 bits per heavy atom. The minimum Gasteiger partial charge on any atom is -0.343 e. The number of aromatic nitrogens is 3. The van der Waals surface area contributed by atoms with Crippen LogP contribution in [0.15, 0.2) is 16.3 Å². The number of nitrogens with one attached hydrogen (secondary N) is 1. The first-order valence-electron chi connectivity index (χ1n) is 3.90. The van der Waals surface area contributed by atoms with Crippen molar-refractivity contribution in [3.05, 3.63) is 27.8 Å². The van der Waals surface area contributed by atoms with E-state index >= 15 is 0 Å². The Bertz CT molecular complexity index is 455. The van der Waals surface area contributed by atoms with Crippen LogP contribution in [0.25, 0.3) is 0 Å². The summed E-state index contributed by atoms with van der Waals surface area (Å²) in [6.45, 7) is 0.199. The van der Waals surface area contributed by atoms with Gasteiger partial charge in [0, 0.05) is 5.38 Å². The number of carbonyl (C=O) groups is 1. The molecule has 78 valence electrons. The number of hydrogen-bond acceptors (Lipinski definition) is 6. The van der Waals surface area contributed by atoms with Crippen molar-refractivity contribution < 1.29 is 9.32 Å². The zero-order chi connectivity index (χ0) is 10.7. The largest absolute Gasteiger partial charge is 0.343 e. The van der Waals surface area contributed by atoms with Gasteiger partial charge in [0.2, 0.25) is 6.39 Å². The van der Waals surface area contributed by atoms with Crippen LogP contribution in [0.1, 0.15) is 16.3 Å². The minimum atomic E-state index is -0.317. The van der Waals surface area contributed by atoms with E-state index in [1.165, 1.54) is 17.7 Å². The Balaban J connectivity index is 1.93. The first kappa shape index (κ1) is 10.1. The lowest BCUT2D eigenvalue weighted by molar-refractivity contribution is 0.0945. The van der Waals surface area contributed by atoms with Gasteiger partial charge in [0.05, 0.1) is 6.54 Å². The lowest BCUT2D eigenvalue weighted by Gasteiger charge is -1.97. The third kappa shape index (κ3) is 2.51. The third-order valence-electron chi connectivity index (χ3n) is 1.52. The highest BCUT2D eigenvalue weighted by atomic mass is 35.5. The van der Waals surface area contributed by atoms with Crippen LogP contribution in [0, 0.1) is 0 Å². The highest BCUT2D eigenvalue weighted by Gasteiger charge is 2.10. The zero-order valence-electron chi connectivity index (χ0n) is 7.31. The Kier molecular flexibility index (Phi) is 2.93. The molecule has 0 aromatic carbocycles. The molecule has 0 aliphatic carbocycles. The molecule has 0 bridgehead atoms. The number of carbonyl (C=O) groups excluding carboxylic acids is 1. The monoisotopic (exact) mass is 244 g/mol. The van der Waals surface area contributed by atoms with Gasteiger partial charge in [-0.2, -0.15) is 4.98 Å². The molecule has 2 rings (SSSR count). The molecule has 0 atom stereocenters. The second-order valence-electron chi connectivity index (χ2n) is 2.52. The normalized spacial score (nSPS) is 10.2. The number of halogens is 1. The quantitative estimate of drug-likeness (QED) is 0.875. The van der Waals surface area contributed by atoms with Gasteiger partial charge < -0.3 is 9.84 Å². The molecule has 15 heavy (non-hydrogen) atoms. The summed E-state index contributed by atoms with van der Waals surface area (Å²) in [6.07, 6.45) is 1.20. The van der Waals surface area contributed by atoms with E-state index in [1.807, 2.05) is 0 Å². The van der Waals surface area contributed by atoms with Crippen molar-refractivity contribution in [3.63, 3.8) is 0 Å². The first-order valence-corrected chi connectivity index (χ1v) is 5.16. The van der Waals surface area contributed by atoms with E-state index in [-0.39, 0.29) is 18.1 Å². The first-order chi connectivity index (χ1) is 7.25. The highest BCUT2D eigenvalue weighted by molar-refractivity contribution is 7.14. The highest BCUT2D eigenvalue weighted by Crippen LogP contribution is 2.14. The topological polar surface area (TPSA) is 80.9 Å². The van der Waals surface area contributed by atoms with Crippen molar-refractivity contribution in [1.29, 1.82) is 0 Å². The molecule has 1 N–H and O–H groups in total. The number of nitrogens with zero attached hydrogens (tertiary/aromatic N) is 3. The van der Waals surface area contributed by atoms with Gasteiger partial charge in [0.1, 0.15) is 5.69 Å². The molecule has 2 aromatic heterocycles. The van der Waals surface area contributed by atoms with E-state index in [9.17, 15) is 4.79 Å².